The molecule has 2 aromatic rings. The molecular weight excluding hydrogens is 378 g/mol. The second-order valence-corrected chi connectivity index (χ2v) is 7.71. The maximum atomic E-state index is 13.6. The lowest BCUT2D eigenvalue weighted by molar-refractivity contribution is -0.126. The molecule has 160 valence electrons. The molecule has 0 aromatic heterocycles. The molecular formula is C24H31N3O3. The highest BCUT2D eigenvalue weighted by Gasteiger charge is 2.34. The van der Waals surface area contributed by atoms with Crippen LogP contribution in [0.2, 0.25) is 0 Å². The molecule has 2 amide bonds. The number of ether oxygens (including phenoxy) is 1. The number of para-hydroxylation sites is 1. The molecule has 2 N–H and O–H groups in total. The van der Waals surface area contributed by atoms with Crippen LogP contribution in [0, 0.1) is 0 Å². The Hall–Kier alpha value is -2.86. The highest BCUT2D eigenvalue weighted by Crippen LogP contribution is 2.26. The lowest BCUT2D eigenvalue weighted by Gasteiger charge is -2.35. The number of amides is 2. The molecule has 0 radical (unpaired) electrons. The summed E-state index contributed by atoms with van der Waals surface area (Å²) in [4.78, 5) is 26.8. The second kappa shape index (κ2) is 10.3. The number of nitrogens with one attached hydrogen (secondary N) is 2. The van der Waals surface area contributed by atoms with E-state index in [1.165, 1.54) is 6.92 Å². The first-order chi connectivity index (χ1) is 14.5. The molecule has 2 unspecified atom stereocenters. The van der Waals surface area contributed by atoms with Gasteiger partial charge in [0.2, 0.25) is 5.91 Å². The summed E-state index contributed by atoms with van der Waals surface area (Å²) in [6.45, 7) is 6.49. The topological polar surface area (TPSA) is 70.7 Å². The summed E-state index contributed by atoms with van der Waals surface area (Å²) < 4.78 is 6.05. The van der Waals surface area contributed by atoms with Crippen LogP contribution in [-0.4, -0.2) is 36.5 Å². The van der Waals surface area contributed by atoms with E-state index in [0.29, 0.717) is 17.9 Å². The van der Waals surface area contributed by atoms with Crippen molar-refractivity contribution in [2.24, 2.45) is 0 Å². The van der Waals surface area contributed by atoms with E-state index in [0.717, 1.165) is 25.1 Å². The van der Waals surface area contributed by atoms with E-state index in [-0.39, 0.29) is 23.9 Å². The zero-order chi connectivity index (χ0) is 21.5. The average Bonchev–Trinajstić information content (AvgIpc) is 3.28. The number of hydrogen-bond acceptors (Lipinski definition) is 4. The van der Waals surface area contributed by atoms with Gasteiger partial charge in [-0.1, -0.05) is 25.1 Å². The third-order valence-corrected chi connectivity index (χ3v) is 5.46. The van der Waals surface area contributed by atoms with Crippen LogP contribution in [-0.2, 0) is 9.59 Å². The molecule has 0 saturated carbocycles. The highest BCUT2D eigenvalue weighted by molar-refractivity contribution is 5.98. The fourth-order valence-corrected chi connectivity index (χ4v) is 3.90. The Morgan fingerprint density at radius 3 is 2.43 bits per heavy atom. The van der Waals surface area contributed by atoms with Crippen molar-refractivity contribution >= 4 is 23.2 Å². The minimum Gasteiger partial charge on any atom is -0.481 e. The van der Waals surface area contributed by atoms with E-state index >= 15 is 0 Å². The van der Waals surface area contributed by atoms with E-state index in [4.69, 9.17) is 4.74 Å². The maximum absolute atomic E-state index is 13.6. The number of benzene rings is 2. The molecule has 1 aliphatic heterocycles. The first-order valence-corrected chi connectivity index (χ1v) is 10.7. The van der Waals surface area contributed by atoms with E-state index in [2.05, 4.69) is 17.6 Å². The van der Waals surface area contributed by atoms with Gasteiger partial charge in [0, 0.05) is 30.4 Å². The lowest BCUT2D eigenvalue weighted by Crippen LogP contribution is -2.53. The fourth-order valence-electron chi connectivity index (χ4n) is 3.90. The highest BCUT2D eigenvalue weighted by atomic mass is 16.5. The number of carbonyl (C=O) groups is 2. The Balaban J connectivity index is 1.87. The van der Waals surface area contributed by atoms with Crippen LogP contribution < -0.4 is 20.3 Å². The zero-order valence-corrected chi connectivity index (χ0v) is 17.9. The van der Waals surface area contributed by atoms with Gasteiger partial charge in [-0.2, -0.15) is 0 Å². The average molecular weight is 410 g/mol. The van der Waals surface area contributed by atoms with Crippen molar-refractivity contribution in [2.45, 2.75) is 58.2 Å². The predicted molar refractivity (Wildman–Crippen MR) is 120 cm³/mol. The van der Waals surface area contributed by atoms with Crippen molar-refractivity contribution in [2.75, 3.05) is 16.8 Å². The third kappa shape index (κ3) is 5.39. The van der Waals surface area contributed by atoms with Crippen molar-refractivity contribution < 1.29 is 14.3 Å². The summed E-state index contributed by atoms with van der Waals surface area (Å²) in [6, 6.07) is 17.1. The Bertz CT molecular complexity index is 833. The monoisotopic (exact) mass is 409 g/mol. The van der Waals surface area contributed by atoms with Crippen molar-refractivity contribution in [3.63, 3.8) is 0 Å². The summed E-state index contributed by atoms with van der Waals surface area (Å²) in [6.07, 6.45) is 2.13. The van der Waals surface area contributed by atoms with Crippen LogP contribution in [0.15, 0.2) is 54.6 Å². The number of rotatable bonds is 8. The van der Waals surface area contributed by atoms with E-state index < -0.39 is 6.10 Å². The molecule has 1 fully saturated rings. The lowest BCUT2D eigenvalue weighted by atomic mass is 10.0. The van der Waals surface area contributed by atoms with Crippen LogP contribution in [0.3, 0.4) is 0 Å². The first kappa shape index (κ1) is 21.8. The molecule has 1 saturated heterocycles. The van der Waals surface area contributed by atoms with Crippen LogP contribution in [0.5, 0.6) is 5.75 Å². The maximum Gasteiger partial charge on any atom is 0.268 e. The molecule has 3 atom stereocenters. The van der Waals surface area contributed by atoms with Gasteiger partial charge in [-0.15, -0.1) is 0 Å². The molecule has 0 bridgehead atoms. The van der Waals surface area contributed by atoms with E-state index in [1.54, 1.807) is 0 Å². The van der Waals surface area contributed by atoms with Gasteiger partial charge in [0.15, 0.2) is 6.10 Å². The van der Waals surface area contributed by atoms with E-state index in [1.807, 2.05) is 66.4 Å². The minimum absolute atomic E-state index is 0.0277. The number of hydrogen-bond donors (Lipinski definition) is 2. The molecule has 1 heterocycles. The molecule has 2 aromatic carbocycles. The largest absolute Gasteiger partial charge is 0.481 e. The minimum atomic E-state index is -0.578. The van der Waals surface area contributed by atoms with Gasteiger partial charge in [-0.3, -0.25) is 9.59 Å². The van der Waals surface area contributed by atoms with E-state index in [9.17, 15) is 9.59 Å². The molecule has 1 aliphatic rings. The first-order valence-electron chi connectivity index (χ1n) is 10.7. The van der Waals surface area contributed by atoms with Gasteiger partial charge in [0.25, 0.3) is 5.91 Å². The Morgan fingerprint density at radius 2 is 1.87 bits per heavy atom. The summed E-state index contributed by atoms with van der Waals surface area (Å²) in [5.41, 5.74) is 1.50. The number of carbonyl (C=O) groups excluding carboxylic acids is 2. The van der Waals surface area contributed by atoms with Crippen molar-refractivity contribution in [1.29, 1.82) is 0 Å². The Morgan fingerprint density at radius 1 is 1.17 bits per heavy atom. The van der Waals surface area contributed by atoms with Crippen LogP contribution in [0.25, 0.3) is 0 Å². The SMILES string of the molecule is CCC(Oc1ccccc1)C(=O)N(c1ccc(NC(C)=O)cc1)[C@H](C)C1CCCN1. The Kier molecular flexibility index (Phi) is 7.46. The van der Waals surface area contributed by atoms with Crippen LogP contribution >= 0.6 is 0 Å². The quantitative estimate of drug-likeness (QED) is 0.692. The smallest absolute Gasteiger partial charge is 0.268 e. The van der Waals surface area contributed by atoms with Crippen molar-refractivity contribution in [1.82, 2.24) is 5.32 Å². The summed E-state index contributed by atoms with van der Waals surface area (Å²) in [7, 11) is 0. The normalized spacial score (nSPS) is 17.8. The van der Waals surface area contributed by atoms with Gasteiger partial charge in [0.1, 0.15) is 5.75 Å². The molecule has 3 rings (SSSR count). The molecule has 0 aliphatic carbocycles. The molecule has 0 spiro atoms. The van der Waals surface area contributed by atoms with Gasteiger partial charge >= 0.3 is 0 Å². The molecule has 30 heavy (non-hydrogen) atoms. The predicted octanol–water partition coefficient (Wildman–Crippen LogP) is 3.98. The van der Waals surface area contributed by atoms with Gasteiger partial charge in [0.05, 0.1) is 0 Å². The number of anilines is 2. The van der Waals surface area contributed by atoms with Gasteiger partial charge < -0.3 is 20.3 Å². The molecule has 6 nitrogen and oxygen atoms in total. The summed E-state index contributed by atoms with van der Waals surface area (Å²) >= 11 is 0. The van der Waals surface area contributed by atoms with Gasteiger partial charge in [-0.25, -0.2) is 0 Å². The third-order valence-electron chi connectivity index (χ3n) is 5.46. The summed E-state index contributed by atoms with van der Waals surface area (Å²) in [5.74, 6) is 0.502. The van der Waals surface area contributed by atoms with Crippen molar-refractivity contribution in [3.8, 4) is 5.75 Å². The Labute approximate surface area is 178 Å². The van der Waals surface area contributed by atoms with Crippen LogP contribution in [0.4, 0.5) is 11.4 Å². The van der Waals surface area contributed by atoms with Crippen LogP contribution in [0.1, 0.15) is 40.0 Å². The second-order valence-electron chi connectivity index (χ2n) is 7.71. The fraction of sp³-hybridized carbons (Fsp3) is 0.417. The standard InChI is InChI=1S/C24H31N3O3/c1-4-23(30-21-9-6-5-7-10-21)24(29)27(17(2)22-11-8-16-25-22)20-14-12-19(13-15-20)26-18(3)28/h5-7,9-10,12-15,17,22-23,25H,4,8,11,16H2,1-3H3,(H,26,28)/t17-,22?,23?/m1/s1. The molecule has 6 heteroatoms. The summed E-state index contributed by atoms with van der Waals surface area (Å²) in [5, 5.41) is 6.29. The van der Waals surface area contributed by atoms with Gasteiger partial charge in [-0.05, 0) is 69.1 Å². The number of nitrogens with zero attached hydrogens (tertiary/aromatic N) is 1. The zero-order valence-electron chi connectivity index (χ0n) is 17.9. The van der Waals surface area contributed by atoms with Crippen molar-refractivity contribution in [3.05, 3.63) is 54.6 Å².